The van der Waals surface area contributed by atoms with Gasteiger partial charge in [-0.25, -0.2) is 4.98 Å². The van der Waals surface area contributed by atoms with Gasteiger partial charge in [0.15, 0.2) is 10.8 Å². The molecule has 6 nitrogen and oxygen atoms in total. The van der Waals surface area contributed by atoms with Crippen LogP contribution in [0.5, 0.6) is 0 Å². The number of hydrogen-bond donors (Lipinski definition) is 2. The van der Waals surface area contributed by atoms with E-state index in [2.05, 4.69) is 26.6 Å². The third-order valence-electron chi connectivity index (χ3n) is 4.26. The number of hydrogen-bond acceptors (Lipinski definition) is 5. The van der Waals surface area contributed by atoms with Gasteiger partial charge in [-0.2, -0.15) is 10.4 Å². The van der Waals surface area contributed by atoms with Crippen LogP contribution in [-0.4, -0.2) is 21.1 Å². The topological polar surface area (TPSA) is 94.5 Å². The maximum atomic E-state index is 12.4. The summed E-state index contributed by atoms with van der Waals surface area (Å²) in [5.41, 5.74) is 4.34. The summed E-state index contributed by atoms with van der Waals surface area (Å²) >= 11 is 1.45. The molecule has 0 saturated heterocycles. The maximum absolute atomic E-state index is 12.4. The Morgan fingerprint density at radius 3 is 2.96 bits per heavy atom. The Hall–Kier alpha value is -2.98. The molecule has 1 amide bonds. The summed E-state index contributed by atoms with van der Waals surface area (Å²) in [4.78, 5) is 17.7. The minimum Gasteiger partial charge on any atom is -0.296 e. The van der Waals surface area contributed by atoms with Gasteiger partial charge in [0.2, 0.25) is 0 Å². The second kappa shape index (κ2) is 6.49. The van der Waals surface area contributed by atoms with Gasteiger partial charge in [-0.3, -0.25) is 15.2 Å². The molecule has 0 bridgehead atoms. The fraction of sp³-hybridized carbons (Fsp3) is 0.222. The Morgan fingerprint density at radius 1 is 1.32 bits per heavy atom. The highest BCUT2D eigenvalue weighted by Crippen LogP contribution is 2.25. The summed E-state index contributed by atoms with van der Waals surface area (Å²) in [6.07, 6.45) is 5.42. The Labute approximate surface area is 148 Å². The zero-order valence-corrected chi connectivity index (χ0v) is 14.2. The number of anilines is 1. The van der Waals surface area contributed by atoms with Crippen molar-refractivity contribution in [2.75, 3.05) is 5.32 Å². The summed E-state index contributed by atoms with van der Waals surface area (Å²) in [7, 11) is 0. The Balaban J connectivity index is 1.44. The number of fused-ring (bicyclic) bond motifs is 1. The van der Waals surface area contributed by atoms with E-state index in [0.717, 1.165) is 47.4 Å². The standard InChI is InChI=1S/C18H15N5OS/c19-9-12-6-4-11(5-7-12)8-13-10-20-18(25-13)21-17(24)16-14-2-1-3-15(14)22-23-16/h4-7,10H,1-3,8H2,(H,22,23)(H,20,21,24). The lowest BCUT2D eigenvalue weighted by Gasteiger charge is -2.00. The van der Waals surface area contributed by atoms with Gasteiger partial charge in [0.05, 0.1) is 11.6 Å². The number of benzene rings is 1. The number of H-pyrrole nitrogens is 1. The molecule has 0 unspecified atom stereocenters. The van der Waals surface area contributed by atoms with Crippen LogP contribution in [-0.2, 0) is 19.3 Å². The summed E-state index contributed by atoms with van der Waals surface area (Å²) in [6.45, 7) is 0. The third kappa shape index (κ3) is 3.16. The molecule has 2 N–H and O–H groups in total. The van der Waals surface area contributed by atoms with Crippen molar-refractivity contribution in [1.29, 1.82) is 5.26 Å². The van der Waals surface area contributed by atoms with Gasteiger partial charge in [0.25, 0.3) is 5.91 Å². The van der Waals surface area contributed by atoms with Gasteiger partial charge in [-0.05, 0) is 37.0 Å². The quantitative estimate of drug-likeness (QED) is 0.757. The number of nitrogens with one attached hydrogen (secondary N) is 2. The van der Waals surface area contributed by atoms with Crippen molar-refractivity contribution >= 4 is 22.4 Å². The fourth-order valence-electron chi connectivity index (χ4n) is 3.01. The summed E-state index contributed by atoms with van der Waals surface area (Å²) in [5, 5.41) is 19.3. The monoisotopic (exact) mass is 349 g/mol. The number of thiazole rings is 1. The van der Waals surface area contributed by atoms with Gasteiger partial charge in [0, 0.05) is 28.8 Å². The molecule has 2 aromatic heterocycles. The summed E-state index contributed by atoms with van der Waals surface area (Å²) < 4.78 is 0. The molecule has 1 aliphatic carbocycles. The maximum Gasteiger partial charge on any atom is 0.278 e. The minimum atomic E-state index is -0.210. The van der Waals surface area contributed by atoms with Crippen LogP contribution < -0.4 is 5.32 Å². The Kier molecular flexibility index (Phi) is 4.04. The number of aryl methyl sites for hydroxylation is 1. The zero-order valence-electron chi connectivity index (χ0n) is 13.4. The molecule has 1 aromatic carbocycles. The molecule has 0 radical (unpaired) electrons. The van der Waals surface area contributed by atoms with E-state index in [1.165, 1.54) is 11.3 Å². The molecule has 0 saturated carbocycles. The molecule has 25 heavy (non-hydrogen) atoms. The van der Waals surface area contributed by atoms with Crippen LogP contribution in [0.3, 0.4) is 0 Å². The van der Waals surface area contributed by atoms with Crippen molar-refractivity contribution in [3.8, 4) is 6.07 Å². The SMILES string of the molecule is N#Cc1ccc(Cc2cnc(NC(=O)c3n[nH]c4c3CCC4)s2)cc1. The smallest absolute Gasteiger partial charge is 0.278 e. The Bertz CT molecular complexity index is 964. The number of nitrogens with zero attached hydrogens (tertiary/aromatic N) is 3. The second-order valence-corrected chi connectivity index (χ2v) is 7.07. The third-order valence-corrected chi connectivity index (χ3v) is 5.17. The first-order chi connectivity index (χ1) is 12.2. The van der Waals surface area contributed by atoms with Crippen molar-refractivity contribution in [3.63, 3.8) is 0 Å². The highest BCUT2D eigenvalue weighted by Gasteiger charge is 2.23. The fourth-order valence-corrected chi connectivity index (χ4v) is 3.85. The van der Waals surface area contributed by atoms with Gasteiger partial charge >= 0.3 is 0 Å². The number of aromatic nitrogens is 3. The molecule has 0 spiro atoms. The predicted octanol–water partition coefficient (Wildman–Crippen LogP) is 3.07. The molecule has 124 valence electrons. The molecule has 1 aliphatic rings. The predicted molar refractivity (Wildman–Crippen MR) is 94.6 cm³/mol. The van der Waals surface area contributed by atoms with Crippen LogP contribution in [0, 0.1) is 11.3 Å². The molecule has 0 aliphatic heterocycles. The molecule has 4 rings (SSSR count). The molecule has 7 heteroatoms. The van der Waals surface area contributed by atoms with Crippen LogP contribution in [0.2, 0.25) is 0 Å². The normalized spacial score (nSPS) is 12.6. The van der Waals surface area contributed by atoms with Crippen molar-refractivity contribution < 1.29 is 4.79 Å². The van der Waals surface area contributed by atoms with Crippen molar-refractivity contribution in [2.24, 2.45) is 0 Å². The van der Waals surface area contributed by atoms with Crippen molar-refractivity contribution in [1.82, 2.24) is 15.2 Å². The summed E-state index contributed by atoms with van der Waals surface area (Å²) in [6, 6.07) is 9.58. The molecule has 3 aromatic rings. The number of carbonyl (C=O) groups is 1. The van der Waals surface area contributed by atoms with Gasteiger partial charge in [0.1, 0.15) is 0 Å². The van der Waals surface area contributed by atoms with Crippen molar-refractivity contribution in [3.05, 3.63) is 63.4 Å². The lowest BCUT2D eigenvalue weighted by molar-refractivity contribution is 0.102. The highest BCUT2D eigenvalue weighted by molar-refractivity contribution is 7.15. The lowest BCUT2D eigenvalue weighted by atomic mass is 10.1. The van der Waals surface area contributed by atoms with E-state index in [-0.39, 0.29) is 5.91 Å². The van der Waals surface area contributed by atoms with Gasteiger partial charge in [-0.15, -0.1) is 11.3 Å². The van der Waals surface area contributed by atoms with Crippen LogP contribution in [0.25, 0.3) is 0 Å². The van der Waals surface area contributed by atoms with E-state index >= 15 is 0 Å². The molecular weight excluding hydrogens is 334 g/mol. The summed E-state index contributed by atoms with van der Waals surface area (Å²) in [5.74, 6) is -0.210. The number of nitriles is 1. The van der Waals surface area contributed by atoms with Crippen LogP contribution in [0.15, 0.2) is 30.5 Å². The van der Waals surface area contributed by atoms with E-state index in [4.69, 9.17) is 5.26 Å². The molecular formula is C18H15N5OS. The first kappa shape index (κ1) is 15.5. The number of amides is 1. The highest BCUT2D eigenvalue weighted by atomic mass is 32.1. The van der Waals surface area contributed by atoms with Crippen molar-refractivity contribution in [2.45, 2.75) is 25.7 Å². The minimum absolute atomic E-state index is 0.210. The van der Waals surface area contributed by atoms with Crippen LogP contribution in [0.4, 0.5) is 5.13 Å². The number of carbonyl (C=O) groups excluding carboxylic acids is 1. The second-order valence-electron chi connectivity index (χ2n) is 5.95. The molecule has 0 atom stereocenters. The van der Waals surface area contributed by atoms with Gasteiger partial charge < -0.3 is 0 Å². The van der Waals surface area contributed by atoms with Crippen LogP contribution in [0.1, 0.15) is 44.2 Å². The first-order valence-electron chi connectivity index (χ1n) is 8.04. The number of rotatable bonds is 4. The Morgan fingerprint density at radius 2 is 2.16 bits per heavy atom. The molecule has 2 heterocycles. The van der Waals surface area contributed by atoms with E-state index in [1.54, 1.807) is 18.3 Å². The number of aromatic amines is 1. The average molecular weight is 349 g/mol. The zero-order chi connectivity index (χ0) is 17.2. The van der Waals surface area contributed by atoms with Crippen LogP contribution >= 0.6 is 11.3 Å². The van der Waals surface area contributed by atoms with E-state index in [9.17, 15) is 4.79 Å². The first-order valence-corrected chi connectivity index (χ1v) is 8.86. The van der Waals surface area contributed by atoms with E-state index in [0.29, 0.717) is 16.4 Å². The van der Waals surface area contributed by atoms with E-state index in [1.807, 2.05) is 12.1 Å². The lowest BCUT2D eigenvalue weighted by Crippen LogP contribution is -2.14. The average Bonchev–Trinajstić information content (AvgIpc) is 3.32. The largest absolute Gasteiger partial charge is 0.296 e. The molecule has 0 fully saturated rings. The van der Waals surface area contributed by atoms with E-state index < -0.39 is 0 Å². The van der Waals surface area contributed by atoms with Gasteiger partial charge in [-0.1, -0.05) is 12.1 Å².